The van der Waals surface area contributed by atoms with Crippen molar-refractivity contribution in [2.75, 3.05) is 19.7 Å². The van der Waals surface area contributed by atoms with Crippen LogP contribution in [0.2, 0.25) is 0 Å². The molecule has 1 unspecified atom stereocenters. The minimum atomic E-state index is -0.650. The lowest BCUT2D eigenvalue weighted by atomic mass is 9.81. The van der Waals surface area contributed by atoms with Crippen LogP contribution in [-0.2, 0) is 9.53 Å². The summed E-state index contributed by atoms with van der Waals surface area (Å²) >= 11 is 1.57. The quantitative estimate of drug-likeness (QED) is 0.902. The van der Waals surface area contributed by atoms with Crippen LogP contribution in [0.3, 0.4) is 0 Å². The van der Waals surface area contributed by atoms with Gasteiger partial charge in [-0.1, -0.05) is 19.3 Å². The highest BCUT2D eigenvalue weighted by Gasteiger charge is 2.40. The Bertz CT molecular complexity index is 457. The first-order valence-electron chi connectivity index (χ1n) is 7.28. The fourth-order valence-corrected chi connectivity index (χ4v) is 3.77. The summed E-state index contributed by atoms with van der Waals surface area (Å²) in [4.78, 5) is 18.9. The molecular weight excluding hydrogens is 274 g/mol. The highest BCUT2D eigenvalue weighted by atomic mass is 32.1. The SMILES string of the molecule is NC1(C(=O)N2CCOC(c3nccs3)C2)CCCCC1. The minimum absolute atomic E-state index is 0.0973. The van der Waals surface area contributed by atoms with E-state index in [1.54, 1.807) is 17.5 Å². The Morgan fingerprint density at radius 1 is 1.45 bits per heavy atom. The molecule has 1 aliphatic carbocycles. The van der Waals surface area contributed by atoms with Crippen LogP contribution in [0.5, 0.6) is 0 Å². The lowest BCUT2D eigenvalue weighted by molar-refractivity contribution is -0.146. The molecule has 2 N–H and O–H groups in total. The van der Waals surface area contributed by atoms with Crippen LogP contribution < -0.4 is 5.73 Å². The standard InChI is InChI=1S/C14H21N3O2S/c15-14(4-2-1-3-5-14)13(18)17-7-8-19-11(10-17)12-16-6-9-20-12/h6,9,11H,1-5,7-8,10,15H2. The summed E-state index contributed by atoms with van der Waals surface area (Å²) in [5.74, 6) is 0.0991. The maximum absolute atomic E-state index is 12.7. The predicted molar refractivity (Wildman–Crippen MR) is 77.4 cm³/mol. The number of rotatable bonds is 2. The van der Waals surface area contributed by atoms with Crippen molar-refractivity contribution in [3.8, 4) is 0 Å². The molecule has 0 aromatic carbocycles. The van der Waals surface area contributed by atoms with Crippen LogP contribution >= 0.6 is 11.3 Å². The molecule has 1 amide bonds. The molecule has 2 heterocycles. The third-order valence-electron chi connectivity index (χ3n) is 4.25. The van der Waals surface area contributed by atoms with Crippen LogP contribution in [0.4, 0.5) is 0 Å². The van der Waals surface area contributed by atoms with Gasteiger partial charge in [-0.25, -0.2) is 4.98 Å². The van der Waals surface area contributed by atoms with E-state index < -0.39 is 5.54 Å². The zero-order valence-electron chi connectivity index (χ0n) is 11.6. The van der Waals surface area contributed by atoms with Gasteiger partial charge in [-0.05, 0) is 12.8 Å². The highest BCUT2D eigenvalue weighted by Crippen LogP contribution is 2.30. The molecule has 2 aliphatic rings. The van der Waals surface area contributed by atoms with Crippen molar-refractivity contribution in [2.45, 2.75) is 43.7 Å². The van der Waals surface area contributed by atoms with E-state index in [0.29, 0.717) is 19.7 Å². The molecule has 1 atom stereocenters. The van der Waals surface area contributed by atoms with Gasteiger partial charge < -0.3 is 15.4 Å². The molecule has 20 heavy (non-hydrogen) atoms. The van der Waals surface area contributed by atoms with Crippen molar-refractivity contribution < 1.29 is 9.53 Å². The monoisotopic (exact) mass is 295 g/mol. The van der Waals surface area contributed by atoms with Gasteiger partial charge in [0.1, 0.15) is 11.1 Å². The van der Waals surface area contributed by atoms with Gasteiger partial charge in [0.05, 0.1) is 18.7 Å². The number of morpholine rings is 1. The zero-order valence-corrected chi connectivity index (χ0v) is 12.4. The smallest absolute Gasteiger partial charge is 0.242 e. The first-order valence-corrected chi connectivity index (χ1v) is 8.16. The summed E-state index contributed by atoms with van der Waals surface area (Å²) in [6.45, 7) is 1.77. The Morgan fingerprint density at radius 2 is 2.25 bits per heavy atom. The van der Waals surface area contributed by atoms with Gasteiger partial charge in [0.15, 0.2) is 0 Å². The molecule has 110 valence electrons. The molecule has 1 saturated heterocycles. The third kappa shape index (κ3) is 2.73. The second kappa shape index (κ2) is 5.79. The van der Waals surface area contributed by atoms with Gasteiger partial charge >= 0.3 is 0 Å². The fourth-order valence-electron chi connectivity index (χ4n) is 3.09. The minimum Gasteiger partial charge on any atom is -0.367 e. The number of thiazole rings is 1. The van der Waals surface area contributed by atoms with E-state index in [2.05, 4.69) is 4.98 Å². The van der Waals surface area contributed by atoms with E-state index in [0.717, 1.165) is 30.7 Å². The van der Waals surface area contributed by atoms with Crippen LogP contribution in [0.1, 0.15) is 43.2 Å². The number of hydrogen-bond donors (Lipinski definition) is 1. The molecule has 0 radical (unpaired) electrons. The zero-order chi connectivity index (χ0) is 14.0. The van der Waals surface area contributed by atoms with Crippen molar-refractivity contribution >= 4 is 17.2 Å². The van der Waals surface area contributed by atoms with Crippen LogP contribution in [0.15, 0.2) is 11.6 Å². The highest BCUT2D eigenvalue weighted by molar-refractivity contribution is 7.09. The summed E-state index contributed by atoms with van der Waals surface area (Å²) in [5, 5.41) is 2.88. The average Bonchev–Trinajstić information content (AvgIpc) is 3.02. The lowest BCUT2D eigenvalue weighted by Gasteiger charge is -2.40. The van der Waals surface area contributed by atoms with Gasteiger partial charge in [0, 0.05) is 18.1 Å². The van der Waals surface area contributed by atoms with Crippen molar-refractivity contribution in [2.24, 2.45) is 5.73 Å². The molecule has 0 spiro atoms. The van der Waals surface area contributed by atoms with Gasteiger partial charge in [0.2, 0.25) is 5.91 Å². The first kappa shape index (κ1) is 14.0. The third-order valence-corrected chi connectivity index (χ3v) is 5.12. The van der Waals surface area contributed by atoms with Gasteiger partial charge in [-0.15, -0.1) is 11.3 Å². The Kier molecular flexibility index (Phi) is 4.05. The molecule has 3 rings (SSSR count). The van der Waals surface area contributed by atoms with Crippen molar-refractivity contribution in [1.82, 2.24) is 9.88 Å². The number of hydrogen-bond acceptors (Lipinski definition) is 5. The summed E-state index contributed by atoms with van der Waals surface area (Å²) in [6.07, 6.45) is 6.61. The Morgan fingerprint density at radius 3 is 2.95 bits per heavy atom. The van der Waals surface area contributed by atoms with E-state index in [1.165, 1.54) is 6.42 Å². The summed E-state index contributed by atoms with van der Waals surface area (Å²) in [7, 11) is 0. The van der Waals surface area contributed by atoms with Crippen molar-refractivity contribution in [3.05, 3.63) is 16.6 Å². The second-order valence-corrected chi connectivity index (χ2v) is 6.62. The second-order valence-electron chi connectivity index (χ2n) is 5.70. The van der Waals surface area contributed by atoms with Crippen molar-refractivity contribution in [1.29, 1.82) is 0 Å². The van der Waals surface area contributed by atoms with E-state index in [1.807, 2.05) is 10.3 Å². The van der Waals surface area contributed by atoms with E-state index in [9.17, 15) is 4.79 Å². The van der Waals surface area contributed by atoms with E-state index >= 15 is 0 Å². The summed E-state index contributed by atoms with van der Waals surface area (Å²) < 4.78 is 5.74. The lowest BCUT2D eigenvalue weighted by Crippen LogP contribution is -2.58. The van der Waals surface area contributed by atoms with Crippen LogP contribution in [0, 0.1) is 0 Å². The molecule has 1 aliphatic heterocycles. The van der Waals surface area contributed by atoms with Crippen LogP contribution in [-0.4, -0.2) is 41.0 Å². The molecular formula is C14H21N3O2S. The molecule has 0 bridgehead atoms. The molecule has 1 saturated carbocycles. The van der Waals surface area contributed by atoms with E-state index in [-0.39, 0.29) is 12.0 Å². The summed E-state index contributed by atoms with van der Waals surface area (Å²) in [6, 6.07) is 0. The number of amides is 1. The maximum atomic E-state index is 12.7. The Hall–Kier alpha value is -0.980. The Labute approximate surface area is 123 Å². The summed E-state index contributed by atoms with van der Waals surface area (Å²) in [5.41, 5.74) is 5.70. The Balaban J connectivity index is 1.68. The topological polar surface area (TPSA) is 68.5 Å². The molecule has 6 heteroatoms. The number of carbonyl (C=O) groups is 1. The maximum Gasteiger partial charge on any atom is 0.242 e. The van der Waals surface area contributed by atoms with Gasteiger partial charge in [0.25, 0.3) is 0 Å². The van der Waals surface area contributed by atoms with E-state index in [4.69, 9.17) is 10.5 Å². The molecule has 1 aromatic heterocycles. The number of aromatic nitrogens is 1. The van der Waals surface area contributed by atoms with Gasteiger partial charge in [-0.2, -0.15) is 0 Å². The first-order chi connectivity index (χ1) is 9.69. The van der Waals surface area contributed by atoms with Gasteiger partial charge in [-0.3, -0.25) is 4.79 Å². The normalized spacial score (nSPS) is 26.4. The molecule has 5 nitrogen and oxygen atoms in total. The van der Waals surface area contributed by atoms with Crippen LogP contribution in [0.25, 0.3) is 0 Å². The number of nitrogens with two attached hydrogens (primary N) is 1. The fraction of sp³-hybridized carbons (Fsp3) is 0.714. The largest absolute Gasteiger partial charge is 0.367 e. The number of ether oxygens (including phenoxy) is 1. The molecule has 2 fully saturated rings. The average molecular weight is 295 g/mol. The number of nitrogens with zero attached hydrogens (tertiary/aromatic N) is 2. The number of carbonyl (C=O) groups excluding carboxylic acids is 1. The molecule has 1 aromatic rings. The van der Waals surface area contributed by atoms with Crippen molar-refractivity contribution in [3.63, 3.8) is 0 Å². The predicted octanol–water partition coefficient (Wildman–Crippen LogP) is 1.70.